The van der Waals surface area contributed by atoms with E-state index < -0.39 is 0 Å². The predicted molar refractivity (Wildman–Crippen MR) is 230 cm³/mol. The molecule has 0 aliphatic heterocycles. The average molecular weight is 705 g/mol. The molecule has 0 saturated carbocycles. The van der Waals surface area contributed by atoms with Gasteiger partial charge in [0.15, 0.2) is 0 Å². The quantitative estimate of drug-likeness (QED) is 0.180. The molecule has 0 amide bonds. The van der Waals surface area contributed by atoms with Crippen molar-refractivity contribution in [3.8, 4) is 33.6 Å². The molecule has 8 aromatic carbocycles. The minimum Gasteiger partial charge on any atom is -0.456 e. The fraction of sp³-hybridized carbons (Fsp3) is 0.0769. The number of nitrogens with zero attached hydrogens (tertiary/aromatic N) is 2. The fourth-order valence-electron chi connectivity index (χ4n) is 9.71. The van der Waals surface area contributed by atoms with Gasteiger partial charge in [0.2, 0.25) is 0 Å². The lowest BCUT2D eigenvalue weighted by Crippen LogP contribution is -2.14. The SMILES string of the molecule is Cc1cccc(-n2c3ccccc3c3cc4c(cc32)oc2cc(-c3ccc5c(c3)c3cc6c(cc3n5-c3ccccc3)C(C)(C)c3ccccc3-6)ccc24)c1. The van der Waals surface area contributed by atoms with Gasteiger partial charge in [-0.1, -0.05) is 98.8 Å². The monoisotopic (exact) mass is 704 g/mol. The Hall–Kier alpha value is -6.84. The molecule has 0 atom stereocenters. The number of aryl methyl sites for hydroxylation is 1. The number of hydrogen-bond donors (Lipinski definition) is 0. The van der Waals surface area contributed by atoms with Gasteiger partial charge in [-0.05, 0) is 119 Å². The van der Waals surface area contributed by atoms with E-state index in [0.29, 0.717) is 0 Å². The molecule has 3 nitrogen and oxygen atoms in total. The minimum absolute atomic E-state index is 0.0757. The Balaban J connectivity index is 1.06. The van der Waals surface area contributed by atoms with Gasteiger partial charge in [-0.15, -0.1) is 0 Å². The molecule has 260 valence electrons. The maximum absolute atomic E-state index is 6.74. The maximum atomic E-state index is 6.74. The number of fused-ring (bicyclic) bond motifs is 12. The van der Waals surface area contributed by atoms with E-state index in [0.717, 1.165) is 38.7 Å². The van der Waals surface area contributed by atoms with E-state index in [9.17, 15) is 0 Å². The highest BCUT2D eigenvalue weighted by atomic mass is 16.3. The molecule has 11 aromatic rings. The summed E-state index contributed by atoms with van der Waals surface area (Å²) in [7, 11) is 0. The van der Waals surface area contributed by atoms with Crippen molar-refractivity contribution < 1.29 is 4.42 Å². The van der Waals surface area contributed by atoms with Crippen LogP contribution >= 0.6 is 0 Å². The fourth-order valence-corrected chi connectivity index (χ4v) is 9.71. The normalized spacial score (nSPS) is 13.5. The summed E-state index contributed by atoms with van der Waals surface area (Å²) in [6.45, 7) is 6.87. The maximum Gasteiger partial charge on any atom is 0.137 e. The van der Waals surface area contributed by atoms with Crippen LogP contribution < -0.4 is 0 Å². The van der Waals surface area contributed by atoms with Crippen LogP contribution in [-0.2, 0) is 5.41 Å². The van der Waals surface area contributed by atoms with E-state index in [-0.39, 0.29) is 5.41 Å². The summed E-state index contributed by atoms with van der Waals surface area (Å²) in [5.41, 5.74) is 17.8. The van der Waals surface area contributed by atoms with Crippen molar-refractivity contribution in [2.45, 2.75) is 26.2 Å². The van der Waals surface area contributed by atoms with Gasteiger partial charge >= 0.3 is 0 Å². The van der Waals surface area contributed by atoms with E-state index in [2.05, 4.69) is 194 Å². The first-order valence-corrected chi connectivity index (χ1v) is 19.2. The molecule has 0 spiro atoms. The average Bonchev–Trinajstić information content (AvgIpc) is 3.91. The van der Waals surface area contributed by atoms with Gasteiger partial charge in [0.1, 0.15) is 11.2 Å². The first-order chi connectivity index (χ1) is 26.9. The molecule has 0 fully saturated rings. The third-order valence-electron chi connectivity index (χ3n) is 12.3. The molecule has 3 heteroatoms. The van der Waals surface area contributed by atoms with Crippen LogP contribution in [0.5, 0.6) is 0 Å². The third-order valence-corrected chi connectivity index (χ3v) is 12.3. The highest BCUT2D eigenvalue weighted by Gasteiger charge is 2.36. The van der Waals surface area contributed by atoms with Crippen LogP contribution in [0, 0.1) is 6.92 Å². The number of hydrogen-bond acceptors (Lipinski definition) is 1. The minimum atomic E-state index is -0.0757. The van der Waals surface area contributed by atoms with Gasteiger partial charge in [-0.2, -0.15) is 0 Å². The molecule has 3 aromatic heterocycles. The van der Waals surface area contributed by atoms with E-state index in [1.807, 2.05) is 0 Å². The molecule has 1 aliphatic carbocycles. The Morgan fingerprint density at radius 1 is 0.400 bits per heavy atom. The third kappa shape index (κ3) is 4.21. The smallest absolute Gasteiger partial charge is 0.137 e. The molecule has 0 unspecified atom stereocenters. The Morgan fingerprint density at radius 2 is 1.07 bits per heavy atom. The second-order valence-electron chi connectivity index (χ2n) is 15.9. The molecule has 3 heterocycles. The summed E-state index contributed by atoms with van der Waals surface area (Å²) in [4.78, 5) is 0. The van der Waals surface area contributed by atoms with Crippen LogP contribution in [0.25, 0.3) is 99.2 Å². The van der Waals surface area contributed by atoms with Gasteiger partial charge < -0.3 is 13.6 Å². The van der Waals surface area contributed by atoms with Crippen molar-refractivity contribution in [1.82, 2.24) is 9.13 Å². The number of rotatable bonds is 3. The molecule has 0 bridgehead atoms. The summed E-state index contributed by atoms with van der Waals surface area (Å²) in [5, 5.41) is 7.26. The lowest BCUT2D eigenvalue weighted by Gasteiger charge is -2.21. The first-order valence-electron chi connectivity index (χ1n) is 19.2. The van der Waals surface area contributed by atoms with Crippen molar-refractivity contribution in [1.29, 1.82) is 0 Å². The Kier molecular flexibility index (Phi) is 6.05. The van der Waals surface area contributed by atoms with E-state index >= 15 is 0 Å². The summed E-state index contributed by atoms with van der Waals surface area (Å²) >= 11 is 0. The van der Waals surface area contributed by atoms with Crippen molar-refractivity contribution in [2.24, 2.45) is 0 Å². The van der Waals surface area contributed by atoms with Crippen molar-refractivity contribution in [3.05, 3.63) is 180 Å². The van der Waals surface area contributed by atoms with E-state index in [1.54, 1.807) is 0 Å². The van der Waals surface area contributed by atoms with Crippen LogP contribution in [-0.4, -0.2) is 9.13 Å². The van der Waals surface area contributed by atoms with Crippen molar-refractivity contribution >= 4 is 65.6 Å². The number of furan rings is 1. The number of benzene rings is 8. The van der Waals surface area contributed by atoms with E-state index in [1.165, 1.54) is 77.2 Å². The van der Waals surface area contributed by atoms with E-state index in [4.69, 9.17) is 4.42 Å². The van der Waals surface area contributed by atoms with Gasteiger partial charge in [0, 0.05) is 55.2 Å². The molecule has 0 N–H and O–H groups in total. The zero-order valence-electron chi connectivity index (χ0n) is 30.9. The van der Waals surface area contributed by atoms with Crippen LogP contribution in [0.1, 0.15) is 30.5 Å². The lowest BCUT2D eigenvalue weighted by molar-refractivity contribution is 0.661. The molecule has 0 saturated heterocycles. The highest BCUT2D eigenvalue weighted by Crippen LogP contribution is 2.51. The first kappa shape index (κ1) is 30.6. The van der Waals surface area contributed by atoms with Gasteiger partial charge in [-0.3, -0.25) is 0 Å². The predicted octanol–water partition coefficient (Wildman–Crippen LogP) is 14.1. The number of para-hydroxylation sites is 2. The summed E-state index contributed by atoms with van der Waals surface area (Å²) in [6, 6.07) is 60.2. The summed E-state index contributed by atoms with van der Waals surface area (Å²) in [6.07, 6.45) is 0. The molecule has 1 aliphatic rings. The standard InChI is InChI=1S/C52H36N2O/c1-31-12-11-15-35(24-31)54-46-19-10-8-17-37(46)41-28-43-38-22-20-33(26-50(38)55-51(43)30-49(41)54)32-21-23-47-40(25-32)42-27-39-36-16-7-9-18-44(36)52(2,3)45(39)29-48(42)53(47)34-13-5-4-6-14-34/h4-30H,1-3H3. The topological polar surface area (TPSA) is 23.0 Å². The molecular formula is C52H36N2O. The van der Waals surface area contributed by atoms with Gasteiger partial charge in [0.05, 0.1) is 22.1 Å². The second-order valence-corrected chi connectivity index (χ2v) is 15.9. The zero-order valence-corrected chi connectivity index (χ0v) is 30.9. The Bertz CT molecular complexity index is 3410. The Labute approximate surface area is 318 Å². The van der Waals surface area contributed by atoms with Crippen LogP contribution in [0.2, 0.25) is 0 Å². The molecule has 12 rings (SSSR count). The lowest BCUT2D eigenvalue weighted by atomic mass is 9.82. The largest absolute Gasteiger partial charge is 0.456 e. The van der Waals surface area contributed by atoms with Crippen LogP contribution in [0.15, 0.2) is 168 Å². The van der Waals surface area contributed by atoms with Gasteiger partial charge in [0.25, 0.3) is 0 Å². The number of aromatic nitrogens is 2. The van der Waals surface area contributed by atoms with Crippen molar-refractivity contribution in [2.75, 3.05) is 0 Å². The zero-order chi connectivity index (χ0) is 36.6. The Morgan fingerprint density at radius 3 is 1.96 bits per heavy atom. The summed E-state index contributed by atoms with van der Waals surface area (Å²) < 4.78 is 11.5. The van der Waals surface area contributed by atoms with Gasteiger partial charge in [-0.25, -0.2) is 0 Å². The summed E-state index contributed by atoms with van der Waals surface area (Å²) in [5.74, 6) is 0. The van der Waals surface area contributed by atoms with Crippen molar-refractivity contribution in [3.63, 3.8) is 0 Å². The van der Waals surface area contributed by atoms with Crippen LogP contribution in [0.4, 0.5) is 0 Å². The van der Waals surface area contributed by atoms with Crippen LogP contribution in [0.3, 0.4) is 0 Å². The molecular weight excluding hydrogens is 669 g/mol. The molecule has 55 heavy (non-hydrogen) atoms. The molecule has 0 radical (unpaired) electrons. The highest BCUT2D eigenvalue weighted by molar-refractivity contribution is 6.18. The second kappa shape index (κ2) is 10.9.